The van der Waals surface area contributed by atoms with E-state index in [0.717, 1.165) is 49.4 Å². The summed E-state index contributed by atoms with van der Waals surface area (Å²) in [7, 11) is 0. The van der Waals surface area contributed by atoms with Crippen LogP contribution in [-0.2, 0) is 11.2 Å². The molecule has 1 aliphatic heterocycles. The van der Waals surface area contributed by atoms with Gasteiger partial charge in [-0.25, -0.2) is 9.97 Å². The summed E-state index contributed by atoms with van der Waals surface area (Å²) >= 11 is 0. The summed E-state index contributed by atoms with van der Waals surface area (Å²) in [4.78, 5) is 27.6. The number of carbonyl (C=O) groups is 1. The molecule has 3 aromatic rings. The van der Waals surface area contributed by atoms with E-state index in [4.69, 9.17) is 4.42 Å². The molecule has 30 heavy (non-hydrogen) atoms. The molecule has 1 aliphatic rings. The Labute approximate surface area is 175 Å². The van der Waals surface area contributed by atoms with Crippen molar-refractivity contribution in [3.8, 4) is 0 Å². The molecule has 1 fully saturated rings. The van der Waals surface area contributed by atoms with Gasteiger partial charge in [-0.15, -0.1) is 0 Å². The highest BCUT2D eigenvalue weighted by molar-refractivity contribution is 5.91. The van der Waals surface area contributed by atoms with Crippen molar-refractivity contribution in [1.82, 2.24) is 19.9 Å². The number of carbonyl (C=O) groups excluding carboxylic acids is 1. The molecule has 0 atom stereocenters. The monoisotopic (exact) mass is 403 g/mol. The lowest BCUT2D eigenvalue weighted by Gasteiger charge is -2.31. The second-order valence-corrected chi connectivity index (χ2v) is 7.51. The van der Waals surface area contributed by atoms with Crippen molar-refractivity contribution in [3.05, 3.63) is 72.2 Å². The van der Waals surface area contributed by atoms with Crippen LogP contribution in [0.15, 0.2) is 59.6 Å². The molecule has 1 amide bonds. The molecule has 0 radical (unpaired) electrons. The van der Waals surface area contributed by atoms with Crippen molar-refractivity contribution in [3.63, 3.8) is 0 Å². The standard InChI is InChI=1S/C23H25N5O2/c1-17-4-2-10-24-23(17)27-21-16-25-19(15-26-21)14-18-8-11-28(12-9-18)22(29)7-6-20-5-3-13-30-20/h2-7,10,13,15-16,18H,8-9,11-12,14H2,1H3,(H,24,26,27). The van der Waals surface area contributed by atoms with E-state index in [9.17, 15) is 4.79 Å². The summed E-state index contributed by atoms with van der Waals surface area (Å²) in [5.41, 5.74) is 2.03. The minimum atomic E-state index is 0.0323. The second kappa shape index (κ2) is 9.35. The molecule has 0 saturated carbocycles. The van der Waals surface area contributed by atoms with Crippen LogP contribution in [-0.4, -0.2) is 38.8 Å². The fourth-order valence-corrected chi connectivity index (χ4v) is 3.56. The third-order valence-electron chi connectivity index (χ3n) is 5.32. The van der Waals surface area contributed by atoms with Crippen molar-refractivity contribution in [1.29, 1.82) is 0 Å². The predicted octanol–water partition coefficient (Wildman–Crippen LogP) is 4.01. The predicted molar refractivity (Wildman–Crippen MR) is 115 cm³/mol. The number of likely N-dealkylation sites (tertiary alicyclic amines) is 1. The maximum absolute atomic E-state index is 12.3. The lowest BCUT2D eigenvalue weighted by molar-refractivity contribution is -0.127. The van der Waals surface area contributed by atoms with Crippen LogP contribution >= 0.6 is 0 Å². The quantitative estimate of drug-likeness (QED) is 0.626. The molecule has 1 saturated heterocycles. The fraction of sp³-hybridized carbons (Fsp3) is 0.304. The Morgan fingerprint density at radius 2 is 2.07 bits per heavy atom. The Balaban J connectivity index is 1.26. The van der Waals surface area contributed by atoms with Crippen LogP contribution in [0.1, 0.15) is 29.9 Å². The number of hydrogen-bond acceptors (Lipinski definition) is 6. The topological polar surface area (TPSA) is 84.2 Å². The number of pyridine rings is 1. The lowest BCUT2D eigenvalue weighted by atomic mass is 9.92. The van der Waals surface area contributed by atoms with Crippen molar-refractivity contribution in [2.75, 3.05) is 18.4 Å². The maximum Gasteiger partial charge on any atom is 0.246 e. The molecular weight excluding hydrogens is 378 g/mol. The average Bonchev–Trinajstić information content (AvgIpc) is 3.29. The zero-order valence-corrected chi connectivity index (χ0v) is 17.0. The van der Waals surface area contributed by atoms with Crippen molar-refractivity contribution < 1.29 is 9.21 Å². The number of anilines is 2. The smallest absolute Gasteiger partial charge is 0.246 e. The van der Waals surface area contributed by atoms with E-state index in [0.29, 0.717) is 17.5 Å². The van der Waals surface area contributed by atoms with Gasteiger partial charge in [0, 0.05) is 25.4 Å². The van der Waals surface area contributed by atoms with Gasteiger partial charge < -0.3 is 14.6 Å². The maximum atomic E-state index is 12.3. The molecule has 0 spiro atoms. The van der Waals surface area contributed by atoms with Crippen LogP contribution < -0.4 is 5.32 Å². The first-order valence-electron chi connectivity index (χ1n) is 10.2. The van der Waals surface area contributed by atoms with Gasteiger partial charge in [0.25, 0.3) is 0 Å². The highest BCUT2D eigenvalue weighted by Crippen LogP contribution is 2.22. The molecule has 0 unspecified atom stereocenters. The summed E-state index contributed by atoms with van der Waals surface area (Å²) in [6.07, 6.45) is 13.0. The van der Waals surface area contributed by atoms with Gasteiger partial charge in [-0.05, 0) is 61.9 Å². The van der Waals surface area contributed by atoms with Crippen LogP contribution in [0.4, 0.5) is 11.6 Å². The minimum Gasteiger partial charge on any atom is -0.465 e. The summed E-state index contributed by atoms with van der Waals surface area (Å²) in [5, 5.41) is 3.20. The number of amides is 1. The van der Waals surface area contributed by atoms with Crippen LogP contribution in [0.5, 0.6) is 0 Å². The SMILES string of the molecule is Cc1cccnc1Nc1cnc(CC2CCN(C(=O)C=Cc3ccco3)CC2)cn1. The molecular formula is C23H25N5O2. The van der Waals surface area contributed by atoms with E-state index >= 15 is 0 Å². The van der Waals surface area contributed by atoms with Gasteiger partial charge in [0.1, 0.15) is 17.4 Å². The molecule has 4 heterocycles. The highest BCUT2D eigenvalue weighted by atomic mass is 16.3. The number of aromatic nitrogens is 3. The van der Waals surface area contributed by atoms with E-state index in [1.165, 1.54) is 0 Å². The Hall–Kier alpha value is -3.48. The van der Waals surface area contributed by atoms with Crippen molar-refractivity contribution >= 4 is 23.6 Å². The Kier molecular flexibility index (Phi) is 6.17. The van der Waals surface area contributed by atoms with Gasteiger partial charge in [0.15, 0.2) is 0 Å². The van der Waals surface area contributed by atoms with Crippen LogP contribution in [0, 0.1) is 12.8 Å². The molecule has 1 N–H and O–H groups in total. The molecule has 0 aliphatic carbocycles. The number of furan rings is 1. The van der Waals surface area contributed by atoms with Gasteiger partial charge in [0.05, 0.1) is 24.4 Å². The highest BCUT2D eigenvalue weighted by Gasteiger charge is 2.22. The zero-order valence-electron chi connectivity index (χ0n) is 17.0. The number of hydrogen-bond donors (Lipinski definition) is 1. The molecule has 7 nitrogen and oxygen atoms in total. The summed E-state index contributed by atoms with van der Waals surface area (Å²) < 4.78 is 5.22. The number of piperidine rings is 1. The molecule has 7 heteroatoms. The normalized spacial score (nSPS) is 14.9. The van der Waals surface area contributed by atoms with Crippen LogP contribution in [0.25, 0.3) is 6.08 Å². The molecule has 154 valence electrons. The van der Waals surface area contributed by atoms with Gasteiger partial charge in [-0.1, -0.05) is 6.07 Å². The van der Waals surface area contributed by atoms with Crippen molar-refractivity contribution in [2.24, 2.45) is 5.92 Å². The zero-order chi connectivity index (χ0) is 20.8. The lowest BCUT2D eigenvalue weighted by Crippen LogP contribution is -2.38. The average molecular weight is 403 g/mol. The van der Waals surface area contributed by atoms with E-state index in [1.54, 1.807) is 36.9 Å². The third-order valence-corrected chi connectivity index (χ3v) is 5.32. The molecule has 0 bridgehead atoms. The first-order chi connectivity index (χ1) is 14.7. The van der Waals surface area contributed by atoms with E-state index in [1.807, 2.05) is 36.2 Å². The summed E-state index contributed by atoms with van der Waals surface area (Å²) in [6.45, 7) is 3.52. The Morgan fingerprint density at radius 1 is 1.20 bits per heavy atom. The number of nitrogens with zero attached hydrogens (tertiary/aromatic N) is 4. The fourth-order valence-electron chi connectivity index (χ4n) is 3.56. The number of aryl methyl sites for hydroxylation is 1. The Bertz CT molecular complexity index is 991. The van der Waals surface area contributed by atoms with Gasteiger partial charge >= 0.3 is 0 Å². The molecule has 0 aromatic carbocycles. The third kappa shape index (κ3) is 5.11. The van der Waals surface area contributed by atoms with E-state index in [2.05, 4.69) is 20.3 Å². The van der Waals surface area contributed by atoms with Gasteiger partial charge in [0.2, 0.25) is 5.91 Å². The summed E-state index contributed by atoms with van der Waals surface area (Å²) in [5.74, 6) is 2.70. The molecule has 4 rings (SSSR count). The van der Waals surface area contributed by atoms with Crippen LogP contribution in [0.2, 0.25) is 0 Å². The van der Waals surface area contributed by atoms with Gasteiger partial charge in [-0.3, -0.25) is 9.78 Å². The number of nitrogens with one attached hydrogen (secondary N) is 1. The second-order valence-electron chi connectivity index (χ2n) is 7.51. The van der Waals surface area contributed by atoms with Crippen molar-refractivity contribution in [2.45, 2.75) is 26.2 Å². The Morgan fingerprint density at radius 3 is 2.77 bits per heavy atom. The minimum absolute atomic E-state index is 0.0323. The largest absolute Gasteiger partial charge is 0.465 e. The van der Waals surface area contributed by atoms with Gasteiger partial charge in [-0.2, -0.15) is 0 Å². The van der Waals surface area contributed by atoms with E-state index in [-0.39, 0.29) is 5.91 Å². The van der Waals surface area contributed by atoms with E-state index < -0.39 is 0 Å². The van der Waals surface area contributed by atoms with Crippen LogP contribution in [0.3, 0.4) is 0 Å². The first-order valence-corrected chi connectivity index (χ1v) is 10.2. The first kappa shape index (κ1) is 19.8. The summed E-state index contributed by atoms with van der Waals surface area (Å²) in [6, 6.07) is 7.54. The molecule has 3 aromatic heterocycles. The number of rotatable bonds is 6.